The summed E-state index contributed by atoms with van der Waals surface area (Å²) in [4.78, 5) is 0. The molecule has 3 rings (SSSR count). The first kappa shape index (κ1) is 21.7. The summed E-state index contributed by atoms with van der Waals surface area (Å²) in [5, 5.41) is 14.2. The molecule has 0 bridgehead atoms. The van der Waals surface area contributed by atoms with Crippen molar-refractivity contribution in [2.75, 3.05) is 13.7 Å². The number of nitrogens with one attached hydrogen (secondary N) is 1. The third kappa shape index (κ3) is 5.97. The number of methoxy groups -OCH3 is 1. The van der Waals surface area contributed by atoms with Gasteiger partial charge in [-0.25, -0.2) is 0 Å². The molecule has 3 aromatic carbocycles. The average molecular weight is 477 g/mol. The highest BCUT2D eigenvalue weighted by Gasteiger charge is 2.12. The summed E-state index contributed by atoms with van der Waals surface area (Å²) in [6.07, 6.45) is -0.560. The first-order valence-electron chi connectivity index (χ1n) is 9.25. The first-order valence-corrected chi connectivity index (χ1v) is 10.4. The van der Waals surface area contributed by atoms with Crippen LogP contribution in [0.3, 0.4) is 0 Å². The number of halogens is 2. The summed E-state index contributed by atoms with van der Waals surface area (Å²) in [5.74, 6) is 1.27. The van der Waals surface area contributed by atoms with Crippen molar-refractivity contribution in [1.82, 2.24) is 5.32 Å². The van der Waals surface area contributed by atoms with Gasteiger partial charge < -0.3 is 19.9 Å². The Morgan fingerprint density at radius 3 is 2.45 bits per heavy atom. The van der Waals surface area contributed by atoms with Gasteiger partial charge in [-0.15, -0.1) is 0 Å². The number of hydrogen-bond donors (Lipinski definition) is 2. The van der Waals surface area contributed by atoms with E-state index in [1.54, 1.807) is 7.11 Å². The number of rotatable bonds is 9. The molecule has 6 heteroatoms. The Kier molecular flexibility index (Phi) is 7.95. The maximum absolute atomic E-state index is 10.3. The van der Waals surface area contributed by atoms with E-state index in [9.17, 15) is 5.11 Å². The van der Waals surface area contributed by atoms with Crippen molar-refractivity contribution in [3.8, 4) is 11.5 Å². The summed E-state index contributed by atoms with van der Waals surface area (Å²) in [6.45, 7) is 1.37. The van der Waals surface area contributed by atoms with Crippen LogP contribution in [0.4, 0.5) is 0 Å². The summed E-state index contributed by atoms with van der Waals surface area (Å²) in [7, 11) is 1.61. The molecule has 2 N–H and O–H groups in total. The fraction of sp³-hybridized carbons (Fsp3) is 0.217. The molecule has 0 amide bonds. The molecule has 0 fully saturated rings. The lowest BCUT2D eigenvalue weighted by Crippen LogP contribution is -2.21. The van der Waals surface area contributed by atoms with E-state index in [0.717, 1.165) is 21.2 Å². The Morgan fingerprint density at radius 1 is 1.00 bits per heavy atom. The maximum Gasteiger partial charge on any atom is 0.162 e. The molecular formula is C23H23BrClNO3. The zero-order chi connectivity index (χ0) is 20.6. The Morgan fingerprint density at radius 2 is 1.72 bits per heavy atom. The zero-order valence-corrected chi connectivity index (χ0v) is 18.4. The van der Waals surface area contributed by atoms with Crippen LogP contribution in [0.1, 0.15) is 22.8 Å². The molecular weight excluding hydrogens is 454 g/mol. The van der Waals surface area contributed by atoms with E-state index in [4.69, 9.17) is 21.1 Å². The van der Waals surface area contributed by atoms with Crippen molar-refractivity contribution >= 4 is 27.5 Å². The van der Waals surface area contributed by atoms with Gasteiger partial charge in [0.15, 0.2) is 11.5 Å². The molecule has 0 heterocycles. The van der Waals surface area contributed by atoms with Gasteiger partial charge in [0.25, 0.3) is 0 Å². The van der Waals surface area contributed by atoms with E-state index in [2.05, 4.69) is 21.2 Å². The number of aliphatic hydroxyl groups excluding tert-OH is 1. The molecule has 1 atom stereocenters. The predicted molar refractivity (Wildman–Crippen MR) is 120 cm³/mol. The summed E-state index contributed by atoms with van der Waals surface area (Å²) in [6, 6.07) is 21.0. The van der Waals surface area contributed by atoms with Crippen molar-refractivity contribution in [3.05, 3.63) is 92.9 Å². The van der Waals surface area contributed by atoms with E-state index < -0.39 is 6.10 Å². The molecule has 4 nitrogen and oxygen atoms in total. The Labute approximate surface area is 184 Å². The highest BCUT2D eigenvalue weighted by Crippen LogP contribution is 2.34. The summed E-state index contributed by atoms with van der Waals surface area (Å²) in [5.41, 5.74) is 2.81. The third-order valence-corrected chi connectivity index (χ3v) is 5.62. The van der Waals surface area contributed by atoms with Crippen molar-refractivity contribution in [2.24, 2.45) is 0 Å². The molecule has 0 saturated carbocycles. The fourth-order valence-electron chi connectivity index (χ4n) is 2.89. The monoisotopic (exact) mass is 475 g/mol. The zero-order valence-electron chi connectivity index (χ0n) is 16.1. The standard InChI is InChI=1S/C23H23BrClNO3/c1-28-22-11-18(13-26-14-21(27)16-7-3-2-4-8-16)19(24)12-23(22)29-15-17-9-5-6-10-20(17)25/h2-12,21,26-27H,13-15H2,1H3. The molecule has 0 aromatic heterocycles. The molecule has 1 unspecified atom stereocenters. The highest BCUT2D eigenvalue weighted by atomic mass is 79.9. The Balaban J connectivity index is 1.62. The van der Waals surface area contributed by atoms with Crippen LogP contribution in [0.15, 0.2) is 71.2 Å². The van der Waals surface area contributed by atoms with Crippen LogP contribution in [0.25, 0.3) is 0 Å². The molecule has 3 aromatic rings. The first-order chi connectivity index (χ1) is 14.1. The van der Waals surface area contributed by atoms with Crippen molar-refractivity contribution < 1.29 is 14.6 Å². The second kappa shape index (κ2) is 10.6. The predicted octanol–water partition coefficient (Wildman–Crippen LogP) is 5.51. The normalized spacial score (nSPS) is 11.9. The number of benzene rings is 3. The maximum atomic E-state index is 10.3. The molecule has 29 heavy (non-hydrogen) atoms. The second-order valence-electron chi connectivity index (χ2n) is 6.53. The molecule has 0 radical (unpaired) electrons. The smallest absolute Gasteiger partial charge is 0.162 e. The van der Waals surface area contributed by atoms with E-state index in [-0.39, 0.29) is 0 Å². The number of aliphatic hydroxyl groups is 1. The van der Waals surface area contributed by atoms with Gasteiger partial charge in [-0.1, -0.05) is 76.1 Å². The third-order valence-electron chi connectivity index (χ3n) is 4.51. The number of ether oxygens (including phenoxy) is 2. The van der Waals surface area contributed by atoms with Crippen molar-refractivity contribution in [3.63, 3.8) is 0 Å². The minimum atomic E-state index is -0.560. The van der Waals surface area contributed by atoms with Crippen LogP contribution in [0.2, 0.25) is 5.02 Å². The van der Waals surface area contributed by atoms with Crippen LogP contribution >= 0.6 is 27.5 Å². The van der Waals surface area contributed by atoms with Crippen LogP contribution in [0, 0.1) is 0 Å². The van der Waals surface area contributed by atoms with Crippen molar-refractivity contribution in [1.29, 1.82) is 0 Å². The van der Waals surface area contributed by atoms with Crippen LogP contribution in [-0.4, -0.2) is 18.8 Å². The van der Waals surface area contributed by atoms with Crippen LogP contribution in [-0.2, 0) is 13.2 Å². The molecule has 0 aliphatic carbocycles. The molecule has 0 aliphatic heterocycles. The highest BCUT2D eigenvalue weighted by molar-refractivity contribution is 9.10. The Bertz CT molecular complexity index is 937. The summed E-state index contributed by atoms with van der Waals surface area (Å²) < 4.78 is 12.3. The lowest BCUT2D eigenvalue weighted by atomic mass is 10.1. The molecule has 0 spiro atoms. The van der Waals surface area contributed by atoms with Gasteiger partial charge in [-0.2, -0.15) is 0 Å². The van der Waals surface area contributed by atoms with E-state index >= 15 is 0 Å². The molecule has 0 saturated heterocycles. The van der Waals surface area contributed by atoms with Gasteiger partial charge in [0.2, 0.25) is 0 Å². The quantitative estimate of drug-likeness (QED) is 0.427. The number of hydrogen-bond acceptors (Lipinski definition) is 4. The minimum Gasteiger partial charge on any atom is -0.493 e. The van der Waals surface area contributed by atoms with Crippen molar-refractivity contribution in [2.45, 2.75) is 19.3 Å². The Hall–Kier alpha value is -2.05. The fourth-order valence-corrected chi connectivity index (χ4v) is 3.55. The van der Waals surface area contributed by atoms with Crippen LogP contribution in [0.5, 0.6) is 11.5 Å². The van der Waals surface area contributed by atoms with Gasteiger partial charge in [-0.3, -0.25) is 0 Å². The van der Waals surface area contributed by atoms with E-state index in [1.165, 1.54) is 0 Å². The molecule has 152 valence electrons. The van der Waals surface area contributed by atoms with Gasteiger partial charge >= 0.3 is 0 Å². The average Bonchev–Trinajstić information content (AvgIpc) is 2.75. The van der Waals surface area contributed by atoms with Gasteiger partial charge in [0.1, 0.15) is 6.61 Å². The second-order valence-corrected chi connectivity index (χ2v) is 7.79. The van der Waals surface area contributed by atoms with Gasteiger partial charge in [0.05, 0.1) is 13.2 Å². The van der Waals surface area contributed by atoms with E-state index in [1.807, 2.05) is 66.7 Å². The van der Waals surface area contributed by atoms with E-state index in [0.29, 0.717) is 36.2 Å². The van der Waals surface area contributed by atoms with Gasteiger partial charge in [-0.05, 0) is 29.3 Å². The van der Waals surface area contributed by atoms with Crippen LogP contribution < -0.4 is 14.8 Å². The lowest BCUT2D eigenvalue weighted by Gasteiger charge is -2.16. The van der Waals surface area contributed by atoms with Gasteiger partial charge in [0, 0.05) is 28.1 Å². The topological polar surface area (TPSA) is 50.7 Å². The summed E-state index contributed by atoms with van der Waals surface area (Å²) >= 11 is 9.80. The minimum absolute atomic E-state index is 0.351. The largest absolute Gasteiger partial charge is 0.493 e. The lowest BCUT2D eigenvalue weighted by molar-refractivity contribution is 0.174. The SMILES string of the molecule is COc1cc(CNCC(O)c2ccccc2)c(Br)cc1OCc1ccccc1Cl. The molecule has 0 aliphatic rings.